The summed E-state index contributed by atoms with van der Waals surface area (Å²) < 4.78 is 19.1. The number of anilines is 2. The zero-order valence-electron chi connectivity index (χ0n) is 14.2. The van der Waals surface area contributed by atoms with E-state index in [0.717, 1.165) is 12.2 Å². The Balaban J connectivity index is 1.74. The SMILES string of the molecule is COCCN(C)c1ccc(N=CC2C(=O)Nc3cccc(F)c32)cc1. The van der Waals surface area contributed by atoms with Crippen molar-refractivity contribution in [2.24, 2.45) is 4.99 Å². The van der Waals surface area contributed by atoms with Gasteiger partial charge in [-0.2, -0.15) is 0 Å². The molecule has 1 heterocycles. The molecule has 1 N–H and O–H groups in total. The number of aliphatic imine (C=N–C) groups is 1. The van der Waals surface area contributed by atoms with Crippen molar-refractivity contribution in [3.8, 4) is 0 Å². The lowest BCUT2D eigenvalue weighted by molar-refractivity contribution is -0.115. The summed E-state index contributed by atoms with van der Waals surface area (Å²) in [5.74, 6) is -1.37. The fourth-order valence-corrected chi connectivity index (χ4v) is 2.76. The van der Waals surface area contributed by atoms with Crippen molar-refractivity contribution in [3.63, 3.8) is 0 Å². The largest absolute Gasteiger partial charge is 0.383 e. The predicted molar refractivity (Wildman–Crippen MR) is 97.5 cm³/mol. The molecule has 25 heavy (non-hydrogen) atoms. The van der Waals surface area contributed by atoms with Crippen LogP contribution in [0.4, 0.5) is 21.5 Å². The summed E-state index contributed by atoms with van der Waals surface area (Å²) in [5, 5.41) is 2.68. The molecule has 0 aliphatic carbocycles. The van der Waals surface area contributed by atoms with Crippen LogP contribution in [-0.4, -0.2) is 39.4 Å². The van der Waals surface area contributed by atoms with Crippen LogP contribution in [0.5, 0.6) is 0 Å². The van der Waals surface area contributed by atoms with Gasteiger partial charge in [0.05, 0.1) is 12.3 Å². The number of carbonyl (C=O) groups excluding carboxylic acids is 1. The normalized spacial score (nSPS) is 16.1. The number of methoxy groups -OCH3 is 1. The summed E-state index contributed by atoms with van der Waals surface area (Å²) in [4.78, 5) is 18.5. The lowest BCUT2D eigenvalue weighted by atomic mass is 10.0. The second kappa shape index (κ2) is 7.44. The first-order valence-electron chi connectivity index (χ1n) is 8.03. The lowest BCUT2D eigenvalue weighted by Crippen LogP contribution is -2.21. The third kappa shape index (κ3) is 3.69. The summed E-state index contributed by atoms with van der Waals surface area (Å²) in [6.45, 7) is 1.44. The molecule has 2 aromatic rings. The average Bonchev–Trinajstić information content (AvgIpc) is 2.95. The zero-order valence-corrected chi connectivity index (χ0v) is 14.2. The fraction of sp³-hybridized carbons (Fsp3) is 0.263. The Kier molecular flexibility index (Phi) is 5.09. The second-order valence-electron chi connectivity index (χ2n) is 5.88. The Hall–Kier alpha value is -2.73. The molecule has 3 rings (SSSR count). The van der Waals surface area contributed by atoms with E-state index in [2.05, 4.69) is 15.2 Å². The van der Waals surface area contributed by atoms with Crippen LogP contribution in [0.1, 0.15) is 11.5 Å². The highest BCUT2D eigenvalue weighted by atomic mass is 19.1. The first-order chi connectivity index (χ1) is 12.1. The van der Waals surface area contributed by atoms with Gasteiger partial charge in [0.2, 0.25) is 5.91 Å². The number of hydrogen-bond acceptors (Lipinski definition) is 4. The molecule has 5 nitrogen and oxygen atoms in total. The van der Waals surface area contributed by atoms with Crippen LogP contribution in [0.3, 0.4) is 0 Å². The quantitative estimate of drug-likeness (QED) is 0.820. The van der Waals surface area contributed by atoms with E-state index in [4.69, 9.17) is 4.74 Å². The van der Waals surface area contributed by atoms with Crippen LogP contribution in [0.2, 0.25) is 0 Å². The van der Waals surface area contributed by atoms with E-state index >= 15 is 0 Å². The number of amides is 1. The molecule has 0 bridgehead atoms. The molecule has 1 aliphatic rings. The number of nitrogens with one attached hydrogen (secondary N) is 1. The van der Waals surface area contributed by atoms with Crippen LogP contribution >= 0.6 is 0 Å². The molecule has 1 aliphatic heterocycles. The van der Waals surface area contributed by atoms with Crippen molar-refractivity contribution in [2.75, 3.05) is 37.5 Å². The maximum absolute atomic E-state index is 14.0. The predicted octanol–water partition coefficient (Wildman–Crippen LogP) is 3.35. The number of fused-ring (bicyclic) bond motifs is 1. The van der Waals surface area contributed by atoms with E-state index in [0.29, 0.717) is 23.5 Å². The van der Waals surface area contributed by atoms with Crippen LogP contribution < -0.4 is 10.2 Å². The van der Waals surface area contributed by atoms with Gasteiger partial charge in [-0.15, -0.1) is 0 Å². The molecule has 0 fully saturated rings. The van der Waals surface area contributed by atoms with Gasteiger partial charge >= 0.3 is 0 Å². The van der Waals surface area contributed by atoms with E-state index in [1.807, 2.05) is 31.3 Å². The van der Waals surface area contributed by atoms with Crippen molar-refractivity contribution in [3.05, 3.63) is 53.8 Å². The molecule has 1 atom stereocenters. The highest BCUT2D eigenvalue weighted by Crippen LogP contribution is 2.33. The molecule has 0 saturated heterocycles. The Labute approximate surface area is 146 Å². The first-order valence-corrected chi connectivity index (χ1v) is 8.03. The van der Waals surface area contributed by atoms with E-state index in [9.17, 15) is 9.18 Å². The smallest absolute Gasteiger partial charge is 0.237 e. The maximum atomic E-state index is 14.0. The molecular weight excluding hydrogens is 321 g/mol. The van der Waals surface area contributed by atoms with E-state index in [1.165, 1.54) is 12.3 Å². The molecule has 0 spiro atoms. The standard InChI is InChI=1S/C19H20FN3O2/c1-23(10-11-25-2)14-8-6-13(7-9-14)21-12-15-18-16(20)4-3-5-17(18)22-19(15)24/h3-9,12,15H,10-11H2,1-2H3,(H,22,24). The molecule has 0 saturated carbocycles. The number of benzene rings is 2. The minimum absolute atomic E-state index is 0.264. The van der Waals surface area contributed by atoms with E-state index in [1.54, 1.807) is 19.2 Å². The third-order valence-electron chi connectivity index (χ3n) is 4.20. The Morgan fingerprint density at radius 1 is 1.28 bits per heavy atom. The van der Waals surface area contributed by atoms with Gasteiger partial charge in [-0.05, 0) is 36.4 Å². The van der Waals surface area contributed by atoms with Gasteiger partial charge < -0.3 is 15.0 Å². The number of halogens is 1. The summed E-state index contributed by atoms with van der Waals surface area (Å²) in [6.07, 6.45) is 1.49. The summed E-state index contributed by atoms with van der Waals surface area (Å²) >= 11 is 0. The number of hydrogen-bond donors (Lipinski definition) is 1. The van der Waals surface area contributed by atoms with Crippen molar-refractivity contribution in [1.29, 1.82) is 0 Å². The van der Waals surface area contributed by atoms with Gasteiger partial charge in [0.25, 0.3) is 0 Å². The van der Waals surface area contributed by atoms with Crippen molar-refractivity contribution in [2.45, 2.75) is 5.92 Å². The molecule has 6 heteroatoms. The van der Waals surface area contributed by atoms with Crippen molar-refractivity contribution in [1.82, 2.24) is 0 Å². The minimum Gasteiger partial charge on any atom is -0.383 e. The van der Waals surface area contributed by atoms with Gasteiger partial charge in [-0.25, -0.2) is 4.39 Å². The number of likely N-dealkylation sites (N-methyl/N-ethyl adjacent to an activating group) is 1. The summed E-state index contributed by atoms with van der Waals surface area (Å²) in [7, 11) is 3.66. The third-order valence-corrected chi connectivity index (χ3v) is 4.20. The van der Waals surface area contributed by atoms with Gasteiger partial charge in [-0.3, -0.25) is 9.79 Å². The molecule has 2 aromatic carbocycles. The number of rotatable bonds is 6. The highest BCUT2D eigenvalue weighted by molar-refractivity contribution is 6.12. The fourth-order valence-electron chi connectivity index (χ4n) is 2.76. The first kappa shape index (κ1) is 17.1. The number of ether oxygens (including phenoxy) is 1. The van der Waals surface area contributed by atoms with Gasteiger partial charge in [0.15, 0.2) is 0 Å². The molecule has 1 amide bonds. The average molecular weight is 341 g/mol. The van der Waals surface area contributed by atoms with Crippen LogP contribution in [0.15, 0.2) is 47.5 Å². The van der Waals surface area contributed by atoms with Crippen molar-refractivity contribution >= 4 is 29.2 Å². The Morgan fingerprint density at radius 3 is 2.76 bits per heavy atom. The number of nitrogens with zero attached hydrogens (tertiary/aromatic N) is 2. The molecule has 1 unspecified atom stereocenters. The summed E-state index contributed by atoms with van der Waals surface area (Å²) in [6, 6.07) is 12.2. The van der Waals surface area contributed by atoms with Crippen LogP contribution in [0.25, 0.3) is 0 Å². The van der Waals surface area contributed by atoms with Gasteiger partial charge in [0.1, 0.15) is 11.7 Å². The molecular formula is C19H20FN3O2. The lowest BCUT2D eigenvalue weighted by Gasteiger charge is -2.18. The van der Waals surface area contributed by atoms with E-state index < -0.39 is 11.7 Å². The summed E-state index contributed by atoms with van der Waals surface area (Å²) in [5.41, 5.74) is 2.62. The second-order valence-corrected chi connectivity index (χ2v) is 5.88. The van der Waals surface area contributed by atoms with Crippen molar-refractivity contribution < 1.29 is 13.9 Å². The maximum Gasteiger partial charge on any atom is 0.237 e. The van der Waals surface area contributed by atoms with Gasteiger partial charge in [-0.1, -0.05) is 6.07 Å². The van der Waals surface area contributed by atoms with Crippen LogP contribution in [-0.2, 0) is 9.53 Å². The highest BCUT2D eigenvalue weighted by Gasteiger charge is 2.31. The molecule has 0 radical (unpaired) electrons. The number of carbonyl (C=O) groups is 1. The monoisotopic (exact) mass is 341 g/mol. The zero-order chi connectivity index (χ0) is 17.8. The van der Waals surface area contributed by atoms with Crippen LogP contribution in [0, 0.1) is 5.82 Å². The minimum atomic E-state index is -0.708. The Morgan fingerprint density at radius 2 is 2.04 bits per heavy atom. The Bertz CT molecular complexity index is 790. The topological polar surface area (TPSA) is 53.9 Å². The van der Waals surface area contributed by atoms with E-state index in [-0.39, 0.29) is 5.91 Å². The van der Waals surface area contributed by atoms with Gasteiger partial charge in [0, 0.05) is 43.9 Å². The molecule has 0 aromatic heterocycles. The molecule has 130 valence electrons.